The van der Waals surface area contributed by atoms with Crippen LogP contribution in [-0.4, -0.2) is 20.8 Å². The standard InChI is InChI=1S/C26H32N2O/c1-25-12-10-18(29)15-17(25)6-7-19-21-8-9-22(26(21,2)13-11-23(19)25)20-16-27-28-14-4-3-5-24(20)28/h3-6,9,14,16,18-19,21,23,29H,7-8,10-13,15H2,1-2H3/t18?,19-,21-,23-,25-,26-/m0/s1. The van der Waals surface area contributed by atoms with Crippen molar-refractivity contribution in [2.24, 2.45) is 28.6 Å². The van der Waals surface area contributed by atoms with Crippen LogP contribution in [0.3, 0.4) is 0 Å². The Labute approximate surface area is 173 Å². The molecule has 0 bridgehead atoms. The van der Waals surface area contributed by atoms with Crippen LogP contribution < -0.4 is 0 Å². The van der Waals surface area contributed by atoms with Crippen LogP contribution >= 0.6 is 0 Å². The Hall–Kier alpha value is -1.87. The van der Waals surface area contributed by atoms with E-state index < -0.39 is 0 Å². The summed E-state index contributed by atoms with van der Waals surface area (Å²) in [4.78, 5) is 0. The van der Waals surface area contributed by atoms with Gasteiger partial charge < -0.3 is 5.11 Å². The van der Waals surface area contributed by atoms with Crippen molar-refractivity contribution < 1.29 is 5.11 Å². The Balaban J connectivity index is 1.36. The summed E-state index contributed by atoms with van der Waals surface area (Å²) in [6, 6.07) is 6.38. The van der Waals surface area contributed by atoms with E-state index in [1.807, 2.05) is 4.52 Å². The van der Waals surface area contributed by atoms with Crippen LogP contribution in [0.5, 0.6) is 0 Å². The normalized spacial score (nSPS) is 41.3. The Bertz CT molecular complexity index is 1030. The highest BCUT2D eigenvalue weighted by Gasteiger charge is 2.56. The molecule has 3 nitrogen and oxygen atoms in total. The first-order chi connectivity index (χ1) is 14.0. The summed E-state index contributed by atoms with van der Waals surface area (Å²) in [5.41, 5.74) is 6.26. The predicted octanol–water partition coefficient (Wildman–Crippen LogP) is 5.65. The van der Waals surface area contributed by atoms with Gasteiger partial charge in [0.1, 0.15) is 0 Å². The van der Waals surface area contributed by atoms with Crippen LogP contribution in [0.25, 0.3) is 11.1 Å². The smallest absolute Gasteiger partial charge is 0.0736 e. The van der Waals surface area contributed by atoms with Gasteiger partial charge in [-0.2, -0.15) is 5.10 Å². The van der Waals surface area contributed by atoms with Crippen molar-refractivity contribution in [3.8, 4) is 0 Å². The monoisotopic (exact) mass is 388 g/mol. The zero-order valence-electron chi connectivity index (χ0n) is 17.6. The van der Waals surface area contributed by atoms with E-state index in [9.17, 15) is 5.11 Å². The summed E-state index contributed by atoms with van der Waals surface area (Å²) in [6.45, 7) is 5.05. The van der Waals surface area contributed by atoms with Crippen molar-refractivity contribution in [1.82, 2.24) is 9.61 Å². The van der Waals surface area contributed by atoms with Crippen molar-refractivity contribution in [3.05, 3.63) is 53.9 Å². The average molecular weight is 389 g/mol. The molecule has 0 aromatic carbocycles. The minimum atomic E-state index is -0.116. The quantitative estimate of drug-likeness (QED) is 0.641. The number of rotatable bonds is 1. The third kappa shape index (κ3) is 2.37. The second-order valence-corrected chi connectivity index (χ2v) is 10.6. The molecule has 152 valence electrons. The van der Waals surface area contributed by atoms with Gasteiger partial charge in [0.05, 0.1) is 17.8 Å². The Morgan fingerprint density at radius 1 is 1.03 bits per heavy atom. The van der Waals surface area contributed by atoms with Crippen LogP contribution in [0.4, 0.5) is 0 Å². The lowest BCUT2D eigenvalue weighted by Crippen LogP contribution is -2.49. The Kier molecular flexibility index (Phi) is 3.76. The van der Waals surface area contributed by atoms with Crippen LogP contribution in [0.15, 0.2) is 48.3 Å². The van der Waals surface area contributed by atoms with E-state index in [0.717, 1.165) is 30.6 Å². The number of aliphatic hydroxyl groups is 1. The summed E-state index contributed by atoms with van der Waals surface area (Å²) in [5.74, 6) is 2.29. The molecule has 0 spiro atoms. The molecule has 0 amide bonds. The number of hydrogen-bond acceptors (Lipinski definition) is 2. The van der Waals surface area contributed by atoms with E-state index in [1.54, 1.807) is 11.1 Å². The number of allylic oxidation sites excluding steroid dienone is 3. The van der Waals surface area contributed by atoms with E-state index in [0.29, 0.717) is 5.41 Å². The van der Waals surface area contributed by atoms with Crippen molar-refractivity contribution >= 4 is 11.1 Å². The summed E-state index contributed by atoms with van der Waals surface area (Å²) in [5, 5.41) is 14.8. The van der Waals surface area contributed by atoms with Gasteiger partial charge in [-0.15, -0.1) is 0 Å². The first-order valence-corrected chi connectivity index (χ1v) is 11.5. The van der Waals surface area contributed by atoms with E-state index in [1.165, 1.54) is 43.2 Å². The molecular formula is C26H32N2O. The van der Waals surface area contributed by atoms with Crippen molar-refractivity contribution in [1.29, 1.82) is 0 Å². The number of pyridine rings is 1. The maximum absolute atomic E-state index is 10.2. The van der Waals surface area contributed by atoms with Crippen LogP contribution in [-0.2, 0) is 0 Å². The lowest BCUT2D eigenvalue weighted by atomic mass is 9.47. The van der Waals surface area contributed by atoms with Crippen molar-refractivity contribution in [3.63, 3.8) is 0 Å². The molecule has 0 aliphatic heterocycles. The summed E-state index contributed by atoms with van der Waals surface area (Å²) >= 11 is 0. The summed E-state index contributed by atoms with van der Waals surface area (Å²) in [7, 11) is 0. The van der Waals surface area contributed by atoms with E-state index in [-0.39, 0.29) is 11.5 Å². The van der Waals surface area contributed by atoms with Gasteiger partial charge in [-0.05, 0) is 91.2 Å². The minimum absolute atomic E-state index is 0.116. The number of aromatic nitrogens is 2. The molecule has 3 heteroatoms. The molecular weight excluding hydrogens is 356 g/mol. The molecule has 4 aliphatic carbocycles. The van der Waals surface area contributed by atoms with Crippen LogP contribution in [0, 0.1) is 28.6 Å². The number of fused-ring (bicyclic) bond motifs is 6. The molecule has 2 heterocycles. The third-order valence-corrected chi connectivity index (χ3v) is 9.38. The molecule has 29 heavy (non-hydrogen) atoms. The fraction of sp³-hybridized carbons (Fsp3) is 0.577. The van der Waals surface area contributed by atoms with E-state index in [2.05, 4.69) is 61.7 Å². The number of aliphatic hydroxyl groups excluding tert-OH is 1. The topological polar surface area (TPSA) is 37.5 Å². The van der Waals surface area contributed by atoms with E-state index in [4.69, 9.17) is 0 Å². The summed E-state index contributed by atoms with van der Waals surface area (Å²) < 4.78 is 2.02. The third-order valence-electron chi connectivity index (χ3n) is 9.38. The van der Waals surface area contributed by atoms with E-state index >= 15 is 0 Å². The van der Waals surface area contributed by atoms with Gasteiger partial charge >= 0.3 is 0 Å². The van der Waals surface area contributed by atoms with Gasteiger partial charge in [-0.1, -0.05) is 37.6 Å². The second-order valence-electron chi connectivity index (χ2n) is 10.6. The molecule has 1 unspecified atom stereocenters. The second kappa shape index (κ2) is 6.07. The molecule has 2 saturated carbocycles. The molecule has 0 saturated heterocycles. The lowest BCUT2D eigenvalue weighted by Gasteiger charge is -2.57. The van der Waals surface area contributed by atoms with Crippen LogP contribution in [0.1, 0.15) is 64.4 Å². The van der Waals surface area contributed by atoms with Gasteiger partial charge in [0, 0.05) is 11.8 Å². The average Bonchev–Trinajstić information content (AvgIpc) is 3.29. The highest BCUT2D eigenvalue weighted by molar-refractivity contribution is 5.82. The maximum Gasteiger partial charge on any atom is 0.0736 e. The zero-order valence-corrected chi connectivity index (χ0v) is 17.6. The Morgan fingerprint density at radius 3 is 2.79 bits per heavy atom. The SMILES string of the molecule is C[C@]12CCC(O)CC1=CC[C@@H]1[C@@H]2CC[C@]2(C)C(c3cnn4ccccc34)=CC[C@@H]12. The first kappa shape index (κ1) is 17.9. The fourth-order valence-electron chi connectivity index (χ4n) is 7.77. The van der Waals surface area contributed by atoms with Gasteiger partial charge in [-0.25, -0.2) is 4.52 Å². The zero-order chi connectivity index (χ0) is 19.8. The summed E-state index contributed by atoms with van der Waals surface area (Å²) in [6.07, 6.45) is 17.2. The van der Waals surface area contributed by atoms with Gasteiger partial charge in [-0.3, -0.25) is 0 Å². The molecule has 1 N–H and O–H groups in total. The predicted molar refractivity (Wildman–Crippen MR) is 116 cm³/mol. The van der Waals surface area contributed by atoms with Crippen molar-refractivity contribution in [2.45, 2.75) is 64.9 Å². The number of nitrogens with zero attached hydrogens (tertiary/aromatic N) is 2. The molecule has 2 fully saturated rings. The van der Waals surface area contributed by atoms with Gasteiger partial charge in [0.15, 0.2) is 0 Å². The largest absolute Gasteiger partial charge is 0.393 e. The Morgan fingerprint density at radius 2 is 1.90 bits per heavy atom. The molecule has 0 radical (unpaired) electrons. The minimum Gasteiger partial charge on any atom is -0.393 e. The lowest BCUT2D eigenvalue weighted by molar-refractivity contribution is -0.0237. The number of hydrogen-bond donors (Lipinski definition) is 1. The highest BCUT2D eigenvalue weighted by Crippen LogP contribution is 2.66. The maximum atomic E-state index is 10.2. The highest BCUT2D eigenvalue weighted by atomic mass is 16.3. The fourth-order valence-corrected chi connectivity index (χ4v) is 7.77. The molecule has 4 aliphatic rings. The van der Waals surface area contributed by atoms with Crippen molar-refractivity contribution in [2.75, 3.05) is 0 Å². The van der Waals surface area contributed by atoms with Crippen LogP contribution in [0.2, 0.25) is 0 Å². The molecule has 2 aromatic rings. The van der Waals surface area contributed by atoms with Gasteiger partial charge in [0.2, 0.25) is 0 Å². The molecule has 2 aromatic heterocycles. The molecule has 6 rings (SSSR count). The molecule has 6 atom stereocenters. The van der Waals surface area contributed by atoms with Gasteiger partial charge in [0.25, 0.3) is 0 Å². The first-order valence-electron chi connectivity index (χ1n) is 11.5.